The molecule has 1 saturated heterocycles. The molecule has 1 aliphatic heterocycles. The Balaban J connectivity index is 1.37. The lowest BCUT2D eigenvalue weighted by molar-refractivity contribution is 0.0725. The zero-order chi connectivity index (χ0) is 23.3. The normalized spacial score (nSPS) is 14.6. The van der Waals surface area contributed by atoms with Crippen LogP contribution >= 0.6 is 0 Å². The Hall–Kier alpha value is -3.32. The van der Waals surface area contributed by atoms with Crippen molar-refractivity contribution in [3.8, 4) is 11.5 Å². The number of carbonyl (C=O) groups excluding carboxylic acids is 1. The molecule has 0 N–H and O–H groups in total. The first-order chi connectivity index (χ1) is 16.0. The first kappa shape index (κ1) is 22.9. The van der Waals surface area contributed by atoms with E-state index in [9.17, 15) is 13.2 Å². The first-order valence-corrected chi connectivity index (χ1v) is 12.5. The van der Waals surface area contributed by atoms with Crippen LogP contribution in [0.1, 0.15) is 28.8 Å². The maximum Gasteiger partial charge on any atom is 0.253 e. The predicted molar refractivity (Wildman–Crippen MR) is 126 cm³/mol. The molecule has 0 atom stereocenters. The maximum atomic E-state index is 13.0. The van der Waals surface area contributed by atoms with Crippen LogP contribution in [0, 0.1) is 0 Å². The Morgan fingerprint density at radius 2 is 1.61 bits per heavy atom. The molecule has 0 bridgehead atoms. The third kappa shape index (κ3) is 5.37. The monoisotopic (exact) mass is 465 g/mol. The molecular formula is C26H27NO5S. The topological polar surface area (TPSA) is 72.9 Å². The highest BCUT2D eigenvalue weighted by molar-refractivity contribution is 7.92. The fourth-order valence-corrected chi connectivity index (χ4v) is 5.70. The quantitative estimate of drug-likeness (QED) is 0.519. The van der Waals surface area contributed by atoms with Crippen LogP contribution < -0.4 is 9.47 Å². The van der Waals surface area contributed by atoms with Crippen molar-refractivity contribution in [3.63, 3.8) is 0 Å². The van der Waals surface area contributed by atoms with Crippen LogP contribution in [0.5, 0.6) is 11.5 Å². The number of rotatable bonds is 7. The van der Waals surface area contributed by atoms with Gasteiger partial charge in [-0.3, -0.25) is 4.79 Å². The van der Waals surface area contributed by atoms with Gasteiger partial charge in [-0.25, -0.2) is 8.42 Å². The van der Waals surface area contributed by atoms with Gasteiger partial charge in [-0.2, -0.15) is 0 Å². The van der Waals surface area contributed by atoms with Crippen molar-refractivity contribution in [2.75, 3.05) is 20.2 Å². The minimum absolute atomic E-state index is 0.111. The Kier molecular flexibility index (Phi) is 6.99. The van der Waals surface area contributed by atoms with E-state index in [0.717, 1.165) is 5.56 Å². The number of hydrogen-bond donors (Lipinski definition) is 0. The second-order valence-corrected chi connectivity index (χ2v) is 10.2. The summed E-state index contributed by atoms with van der Waals surface area (Å²) in [5.74, 6) is 1.13. The van der Waals surface area contributed by atoms with E-state index in [0.29, 0.717) is 49.6 Å². The van der Waals surface area contributed by atoms with Crippen LogP contribution in [0.25, 0.3) is 0 Å². The van der Waals surface area contributed by atoms with Gasteiger partial charge in [0.1, 0.15) is 18.1 Å². The van der Waals surface area contributed by atoms with Crippen LogP contribution in [-0.4, -0.2) is 44.7 Å². The molecule has 1 heterocycles. The second-order valence-electron chi connectivity index (χ2n) is 8.01. The van der Waals surface area contributed by atoms with E-state index >= 15 is 0 Å². The fraction of sp³-hybridized carbons (Fsp3) is 0.269. The number of nitrogens with zero attached hydrogens (tertiary/aromatic N) is 1. The van der Waals surface area contributed by atoms with E-state index < -0.39 is 15.1 Å². The average molecular weight is 466 g/mol. The molecule has 0 aromatic heterocycles. The Labute approximate surface area is 194 Å². The van der Waals surface area contributed by atoms with Crippen LogP contribution in [0.15, 0.2) is 83.8 Å². The summed E-state index contributed by atoms with van der Waals surface area (Å²) in [6.45, 7) is 1.22. The molecule has 1 amide bonds. The average Bonchev–Trinajstić information content (AvgIpc) is 2.88. The highest BCUT2D eigenvalue weighted by Gasteiger charge is 2.33. The van der Waals surface area contributed by atoms with Gasteiger partial charge in [-0.1, -0.05) is 36.4 Å². The van der Waals surface area contributed by atoms with Gasteiger partial charge >= 0.3 is 0 Å². The number of benzene rings is 3. The molecule has 0 unspecified atom stereocenters. The molecule has 3 aromatic rings. The molecule has 0 aliphatic carbocycles. The summed E-state index contributed by atoms with van der Waals surface area (Å²) in [6, 6.07) is 23.4. The molecule has 0 spiro atoms. The number of likely N-dealkylation sites (tertiary alicyclic amines) is 1. The molecular weight excluding hydrogens is 438 g/mol. The largest absolute Gasteiger partial charge is 0.497 e. The Morgan fingerprint density at radius 1 is 0.909 bits per heavy atom. The SMILES string of the molecule is COc1ccc(S(=O)(=O)C2CCN(C(=O)c3cccc(OCc4ccccc4)c3)CC2)cc1. The Morgan fingerprint density at radius 3 is 2.27 bits per heavy atom. The van der Waals surface area contributed by atoms with Gasteiger partial charge in [-0.15, -0.1) is 0 Å². The smallest absolute Gasteiger partial charge is 0.253 e. The summed E-state index contributed by atoms with van der Waals surface area (Å²) in [4.78, 5) is 15.0. The summed E-state index contributed by atoms with van der Waals surface area (Å²) in [5, 5.41) is -0.504. The van der Waals surface area contributed by atoms with Crippen LogP contribution in [-0.2, 0) is 16.4 Å². The lowest BCUT2D eigenvalue weighted by Crippen LogP contribution is -2.42. The van der Waals surface area contributed by atoms with Crippen LogP contribution in [0.2, 0.25) is 0 Å². The van der Waals surface area contributed by atoms with E-state index in [4.69, 9.17) is 9.47 Å². The lowest BCUT2D eigenvalue weighted by Gasteiger charge is -2.32. The molecule has 0 saturated carbocycles. The van der Waals surface area contributed by atoms with Crippen molar-refractivity contribution in [2.24, 2.45) is 0 Å². The van der Waals surface area contributed by atoms with Crippen molar-refractivity contribution < 1.29 is 22.7 Å². The van der Waals surface area contributed by atoms with Crippen molar-refractivity contribution >= 4 is 15.7 Å². The predicted octanol–water partition coefficient (Wildman–Crippen LogP) is 4.35. The molecule has 7 heteroatoms. The fourth-order valence-electron chi connectivity index (χ4n) is 3.97. The van der Waals surface area contributed by atoms with Gasteiger partial charge in [0.05, 0.1) is 17.3 Å². The van der Waals surface area contributed by atoms with E-state index in [2.05, 4.69) is 0 Å². The highest BCUT2D eigenvalue weighted by atomic mass is 32.2. The number of piperidine rings is 1. The zero-order valence-corrected chi connectivity index (χ0v) is 19.3. The molecule has 172 valence electrons. The summed E-state index contributed by atoms with van der Waals surface area (Å²) in [5.41, 5.74) is 1.59. The number of sulfone groups is 1. The number of amides is 1. The minimum Gasteiger partial charge on any atom is -0.497 e. The van der Waals surface area contributed by atoms with Crippen molar-refractivity contribution in [2.45, 2.75) is 29.6 Å². The number of ether oxygens (including phenoxy) is 2. The highest BCUT2D eigenvalue weighted by Crippen LogP contribution is 2.27. The summed E-state index contributed by atoms with van der Waals surface area (Å²) in [6.07, 6.45) is 0.814. The number of methoxy groups -OCH3 is 1. The number of hydrogen-bond acceptors (Lipinski definition) is 5. The summed E-state index contributed by atoms with van der Waals surface area (Å²) in [7, 11) is -1.91. The third-order valence-corrected chi connectivity index (χ3v) is 8.16. The first-order valence-electron chi connectivity index (χ1n) is 10.9. The van der Waals surface area contributed by atoms with Gasteiger partial charge in [0.2, 0.25) is 0 Å². The van der Waals surface area contributed by atoms with Gasteiger partial charge in [-0.05, 0) is 60.9 Å². The molecule has 1 fully saturated rings. The van der Waals surface area contributed by atoms with E-state index in [1.807, 2.05) is 36.4 Å². The summed E-state index contributed by atoms with van der Waals surface area (Å²) < 4.78 is 37.0. The van der Waals surface area contributed by atoms with Crippen LogP contribution in [0.4, 0.5) is 0 Å². The van der Waals surface area contributed by atoms with Gasteiger partial charge in [0.25, 0.3) is 5.91 Å². The Bertz CT molecular complexity index is 1180. The molecule has 0 radical (unpaired) electrons. The van der Waals surface area contributed by atoms with Crippen molar-refractivity contribution in [1.82, 2.24) is 4.90 Å². The van der Waals surface area contributed by atoms with Crippen molar-refractivity contribution in [3.05, 3.63) is 90.0 Å². The molecule has 3 aromatic carbocycles. The molecule has 4 rings (SSSR count). The van der Waals surface area contributed by atoms with Gasteiger partial charge < -0.3 is 14.4 Å². The zero-order valence-electron chi connectivity index (χ0n) is 18.5. The molecule has 33 heavy (non-hydrogen) atoms. The van der Waals surface area contributed by atoms with E-state index in [1.54, 1.807) is 54.5 Å². The molecule has 6 nitrogen and oxygen atoms in total. The minimum atomic E-state index is -3.45. The second kappa shape index (κ2) is 10.1. The van der Waals surface area contributed by atoms with Crippen molar-refractivity contribution in [1.29, 1.82) is 0 Å². The molecule has 1 aliphatic rings. The van der Waals surface area contributed by atoms with E-state index in [1.165, 1.54) is 0 Å². The van der Waals surface area contributed by atoms with Gasteiger partial charge in [0, 0.05) is 18.7 Å². The van der Waals surface area contributed by atoms with E-state index in [-0.39, 0.29) is 10.8 Å². The third-order valence-electron chi connectivity index (χ3n) is 5.89. The van der Waals surface area contributed by atoms with Gasteiger partial charge in [0.15, 0.2) is 9.84 Å². The van der Waals surface area contributed by atoms with Crippen LogP contribution in [0.3, 0.4) is 0 Å². The summed E-state index contributed by atoms with van der Waals surface area (Å²) >= 11 is 0. The maximum absolute atomic E-state index is 13.0. The number of carbonyl (C=O) groups is 1. The lowest BCUT2D eigenvalue weighted by atomic mass is 10.1. The standard InChI is InChI=1S/C26H27NO5S/c1-31-22-10-12-24(13-11-22)33(29,30)25-14-16-27(17-15-25)26(28)21-8-5-9-23(18-21)32-19-20-6-3-2-4-7-20/h2-13,18,25H,14-17,19H2,1H3.